The molecule has 214 valence electrons. The molecule has 2 heterocycles. The van der Waals surface area contributed by atoms with Crippen LogP contribution in [0.25, 0.3) is 0 Å². The zero-order valence-corrected chi connectivity index (χ0v) is 24.8. The molecule has 6 nitrogen and oxygen atoms in total. The molecule has 0 spiro atoms. The Hall–Kier alpha value is -4.07. The highest BCUT2D eigenvalue weighted by Gasteiger charge is 2.64. The lowest BCUT2D eigenvalue weighted by Crippen LogP contribution is -2.73. The number of carbonyl (C=O) groups excluding carboxylic acids is 2. The van der Waals surface area contributed by atoms with Crippen molar-refractivity contribution >= 4 is 23.6 Å². The van der Waals surface area contributed by atoms with E-state index in [1.54, 1.807) is 23.8 Å². The van der Waals surface area contributed by atoms with E-state index in [9.17, 15) is 9.59 Å². The van der Waals surface area contributed by atoms with Gasteiger partial charge in [0, 0.05) is 11.3 Å². The van der Waals surface area contributed by atoms with Crippen molar-refractivity contribution in [2.45, 2.75) is 48.1 Å². The van der Waals surface area contributed by atoms with Gasteiger partial charge in [-0.15, -0.1) is 11.8 Å². The lowest BCUT2D eigenvalue weighted by atomic mass is 9.76. The van der Waals surface area contributed by atoms with Crippen molar-refractivity contribution in [2.24, 2.45) is 0 Å². The van der Waals surface area contributed by atoms with E-state index in [0.29, 0.717) is 6.54 Å². The first-order valence-electron chi connectivity index (χ1n) is 14.2. The third kappa shape index (κ3) is 4.86. The lowest BCUT2D eigenvalue weighted by Gasteiger charge is -2.49. The molecule has 4 aromatic rings. The quantitative estimate of drug-likeness (QED) is 0.208. The third-order valence-electron chi connectivity index (χ3n) is 8.31. The highest BCUT2D eigenvalue weighted by atomic mass is 32.2. The molecule has 2 N–H and O–H groups in total. The summed E-state index contributed by atoms with van der Waals surface area (Å²) < 4.78 is 4.77. The fourth-order valence-electron chi connectivity index (χ4n) is 6.25. The van der Waals surface area contributed by atoms with Crippen molar-refractivity contribution in [2.75, 3.05) is 7.11 Å². The molecule has 0 radical (unpaired) electrons. The number of nitrogens with zero attached hydrogens (tertiary/aromatic N) is 1. The molecule has 6 rings (SSSR count). The second-order valence-corrected chi connectivity index (χ2v) is 13.1. The second-order valence-electron chi connectivity index (χ2n) is 11.3. The van der Waals surface area contributed by atoms with Gasteiger partial charge in [-0.05, 0) is 48.2 Å². The fraction of sp³-hybridized carbons (Fsp3) is 0.257. The lowest BCUT2D eigenvalue weighted by molar-refractivity contribution is -0.154. The van der Waals surface area contributed by atoms with Gasteiger partial charge in [-0.1, -0.05) is 103 Å². The molecular formula is C35H35N3O3S. The Morgan fingerprint density at radius 1 is 0.833 bits per heavy atom. The van der Waals surface area contributed by atoms with Crippen LogP contribution < -0.4 is 15.4 Å². The van der Waals surface area contributed by atoms with Crippen molar-refractivity contribution < 1.29 is 14.3 Å². The minimum absolute atomic E-state index is 0.0603. The van der Waals surface area contributed by atoms with Crippen LogP contribution in [0.5, 0.6) is 5.75 Å². The highest BCUT2D eigenvalue weighted by Crippen LogP contribution is 2.52. The zero-order valence-electron chi connectivity index (χ0n) is 24.0. The maximum atomic E-state index is 14.0. The Morgan fingerprint density at radius 2 is 1.33 bits per heavy atom. The summed E-state index contributed by atoms with van der Waals surface area (Å²) in [7, 11) is 1.63. The van der Waals surface area contributed by atoms with Gasteiger partial charge in [0.05, 0.1) is 12.6 Å². The van der Waals surface area contributed by atoms with Gasteiger partial charge in [-0.2, -0.15) is 0 Å². The number of fused-ring (bicyclic) bond motifs is 1. The molecule has 0 aliphatic carbocycles. The molecule has 2 amide bonds. The van der Waals surface area contributed by atoms with Crippen LogP contribution in [0.15, 0.2) is 115 Å². The number of methoxy groups -OCH3 is 1. The SMILES string of the molecule is COc1ccc(CNC(=O)C2N3C(=O)C(NC(c4ccccc4)(c4ccccc4)c4ccccc4)[C@H]3SC2(C)C)cc1. The smallest absolute Gasteiger partial charge is 0.244 e. The maximum absolute atomic E-state index is 14.0. The monoisotopic (exact) mass is 577 g/mol. The van der Waals surface area contributed by atoms with Gasteiger partial charge in [-0.3, -0.25) is 14.9 Å². The first-order chi connectivity index (χ1) is 20.3. The Balaban J connectivity index is 1.30. The van der Waals surface area contributed by atoms with Gasteiger partial charge in [-0.25, -0.2) is 0 Å². The van der Waals surface area contributed by atoms with Crippen LogP contribution in [0.2, 0.25) is 0 Å². The highest BCUT2D eigenvalue weighted by molar-refractivity contribution is 8.01. The topological polar surface area (TPSA) is 70.7 Å². The number of carbonyl (C=O) groups is 2. The summed E-state index contributed by atoms with van der Waals surface area (Å²) in [5.41, 5.74) is 3.34. The van der Waals surface area contributed by atoms with E-state index in [-0.39, 0.29) is 17.2 Å². The summed E-state index contributed by atoms with van der Waals surface area (Å²) in [6, 6.07) is 37.4. The van der Waals surface area contributed by atoms with E-state index in [4.69, 9.17) is 4.74 Å². The molecule has 42 heavy (non-hydrogen) atoms. The number of nitrogens with one attached hydrogen (secondary N) is 2. The molecular weight excluding hydrogens is 542 g/mol. The van der Waals surface area contributed by atoms with Gasteiger partial charge < -0.3 is 15.0 Å². The number of hydrogen-bond donors (Lipinski definition) is 2. The molecule has 0 aromatic heterocycles. The first kappa shape index (κ1) is 28.1. The van der Waals surface area contributed by atoms with Crippen LogP contribution in [0.1, 0.15) is 36.1 Å². The summed E-state index contributed by atoms with van der Waals surface area (Å²) in [5, 5.41) is 6.74. The molecule has 2 fully saturated rings. The molecule has 2 aliphatic heterocycles. The minimum Gasteiger partial charge on any atom is -0.497 e. The molecule has 0 bridgehead atoms. The number of β-lactam (4-membered cyclic amide) rings is 1. The summed E-state index contributed by atoms with van der Waals surface area (Å²) >= 11 is 1.68. The van der Waals surface area contributed by atoms with E-state index in [2.05, 4.69) is 60.9 Å². The van der Waals surface area contributed by atoms with E-state index < -0.39 is 22.4 Å². The van der Waals surface area contributed by atoms with Crippen LogP contribution in [0.4, 0.5) is 0 Å². The molecule has 3 atom stereocenters. The van der Waals surface area contributed by atoms with Crippen LogP contribution in [0.3, 0.4) is 0 Å². The van der Waals surface area contributed by atoms with Crippen LogP contribution in [-0.2, 0) is 21.7 Å². The van der Waals surface area contributed by atoms with E-state index in [0.717, 1.165) is 28.0 Å². The molecule has 2 saturated heterocycles. The van der Waals surface area contributed by atoms with Crippen LogP contribution in [-0.4, -0.2) is 46.0 Å². The first-order valence-corrected chi connectivity index (χ1v) is 15.1. The Labute approximate surface area is 251 Å². The number of thioether (sulfide) groups is 1. The predicted molar refractivity (Wildman–Crippen MR) is 167 cm³/mol. The molecule has 2 aliphatic rings. The minimum atomic E-state index is -0.768. The number of amides is 2. The molecule has 2 unspecified atom stereocenters. The van der Waals surface area contributed by atoms with Gasteiger partial charge in [0.25, 0.3) is 0 Å². The van der Waals surface area contributed by atoms with Crippen LogP contribution in [0, 0.1) is 0 Å². The fourth-order valence-corrected chi connectivity index (χ4v) is 7.88. The van der Waals surface area contributed by atoms with Gasteiger partial charge in [0.1, 0.15) is 23.2 Å². The Bertz CT molecular complexity index is 1450. The summed E-state index contributed by atoms with van der Waals surface area (Å²) in [6.07, 6.45) is 0. The summed E-state index contributed by atoms with van der Waals surface area (Å²) in [6.45, 7) is 4.49. The normalized spacial score (nSPS) is 20.9. The Morgan fingerprint density at radius 3 is 1.81 bits per heavy atom. The van der Waals surface area contributed by atoms with Crippen molar-refractivity contribution in [3.63, 3.8) is 0 Å². The summed E-state index contributed by atoms with van der Waals surface area (Å²) in [5.74, 6) is 0.566. The standard InChI is InChI=1S/C35H35N3O3S/c1-34(2)30(31(39)36-23-24-19-21-28(41-3)22-20-24)38-32(40)29(33(38)42-34)37-35(25-13-7-4-8-14-25,26-15-9-5-10-16-26)27-17-11-6-12-18-27/h4-22,29-30,33,37H,23H2,1-3H3,(H,36,39)/t29?,30?,33-/m1/s1. The molecule has 4 aromatic carbocycles. The second kappa shape index (κ2) is 11.3. The van der Waals surface area contributed by atoms with E-state index in [1.807, 2.05) is 78.9 Å². The number of hydrogen-bond acceptors (Lipinski definition) is 5. The van der Waals surface area contributed by atoms with Gasteiger partial charge in [0.2, 0.25) is 11.8 Å². The summed E-state index contributed by atoms with van der Waals surface area (Å²) in [4.78, 5) is 29.4. The van der Waals surface area contributed by atoms with Crippen molar-refractivity contribution in [3.8, 4) is 5.75 Å². The predicted octanol–water partition coefficient (Wildman–Crippen LogP) is 5.32. The average Bonchev–Trinajstić information content (AvgIpc) is 3.29. The van der Waals surface area contributed by atoms with Crippen molar-refractivity contribution in [1.82, 2.24) is 15.5 Å². The maximum Gasteiger partial charge on any atom is 0.244 e. The number of benzene rings is 4. The van der Waals surface area contributed by atoms with E-state index >= 15 is 0 Å². The van der Waals surface area contributed by atoms with Gasteiger partial charge in [0.15, 0.2) is 0 Å². The van der Waals surface area contributed by atoms with Crippen molar-refractivity contribution in [3.05, 3.63) is 138 Å². The van der Waals surface area contributed by atoms with Gasteiger partial charge >= 0.3 is 0 Å². The van der Waals surface area contributed by atoms with E-state index in [1.165, 1.54) is 0 Å². The molecule has 7 heteroatoms. The van der Waals surface area contributed by atoms with Crippen LogP contribution >= 0.6 is 11.8 Å². The largest absolute Gasteiger partial charge is 0.497 e. The number of rotatable bonds is 9. The molecule has 0 saturated carbocycles. The average molecular weight is 578 g/mol. The Kier molecular flexibility index (Phi) is 7.56. The van der Waals surface area contributed by atoms with Crippen molar-refractivity contribution in [1.29, 1.82) is 0 Å². The number of ether oxygens (including phenoxy) is 1. The zero-order chi connectivity index (χ0) is 29.3. The third-order valence-corrected chi connectivity index (χ3v) is 9.88.